The number of methoxy groups -OCH3 is 1. The van der Waals surface area contributed by atoms with Crippen LogP contribution in [0.15, 0.2) is 12.1 Å². The number of nitrogens with zero attached hydrogens (tertiary/aromatic N) is 1. The van der Waals surface area contributed by atoms with Crippen molar-refractivity contribution in [2.75, 3.05) is 12.8 Å². The van der Waals surface area contributed by atoms with Crippen LogP contribution >= 0.6 is 0 Å². The molecule has 64 valence electrons. The Balaban J connectivity index is 3.20. The highest BCUT2D eigenvalue weighted by molar-refractivity contribution is 5.96. The van der Waals surface area contributed by atoms with Crippen LogP contribution in [0.4, 0.5) is 5.82 Å². The van der Waals surface area contributed by atoms with Gasteiger partial charge < -0.3 is 10.5 Å². The molecule has 0 fully saturated rings. The molecule has 0 aliphatic heterocycles. The van der Waals surface area contributed by atoms with Gasteiger partial charge in [-0.3, -0.25) is 4.79 Å². The molecule has 0 aliphatic carbocycles. The van der Waals surface area contributed by atoms with Gasteiger partial charge >= 0.3 is 0 Å². The third kappa shape index (κ3) is 1.53. The Labute approximate surface area is 70.4 Å². The number of ketones is 1. The molecule has 0 radical (unpaired) electrons. The summed E-state index contributed by atoms with van der Waals surface area (Å²) in [7, 11) is 1.45. The molecule has 4 heteroatoms. The van der Waals surface area contributed by atoms with E-state index >= 15 is 0 Å². The normalized spacial score (nSPS) is 9.50. The zero-order chi connectivity index (χ0) is 9.14. The van der Waals surface area contributed by atoms with Gasteiger partial charge in [0.1, 0.15) is 5.82 Å². The molecule has 0 spiro atoms. The van der Waals surface area contributed by atoms with E-state index in [9.17, 15) is 4.79 Å². The summed E-state index contributed by atoms with van der Waals surface area (Å²) in [4.78, 5) is 14.8. The van der Waals surface area contributed by atoms with Gasteiger partial charge in [-0.1, -0.05) is 0 Å². The molecule has 1 rings (SSSR count). The Morgan fingerprint density at radius 2 is 2.25 bits per heavy atom. The number of rotatable bonds is 2. The molecule has 2 N–H and O–H groups in total. The smallest absolute Gasteiger partial charge is 0.226 e. The Hall–Kier alpha value is -1.58. The molecule has 1 heterocycles. The Bertz CT molecular complexity index is 310. The largest absolute Gasteiger partial charge is 0.480 e. The minimum absolute atomic E-state index is 0.0839. The molecular weight excluding hydrogens is 156 g/mol. The predicted molar refractivity (Wildman–Crippen MR) is 45.2 cm³/mol. The van der Waals surface area contributed by atoms with Crippen molar-refractivity contribution in [3.63, 3.8) is 0 Å². The van der Waals surface area contributed by atoms with Crippen molar-refractivity contribution < 1.29 is 9.53 Å². The van der Waals surface area contributed by atoms with E-state index in [4.69, 9.17) is 10.5 Å². The van der Waals surface area contributed by atoms with Gasteiger partial charge in [-0.2, -0.15) is 4.98 Å². The van der Waals surface area contributed by atoms with E-state index in [0.717, 1.165) is 0 Å². The van der Waals surface area contributed by atoms with Gasteiger partial charge in [0.05, 0.1) is 12.7 Å². The van der Waals surface area contributed by atoms with Crippen molar-refractivity contribution in [3.8, 4) is 5.88 Å². The first-order chi connectivity index (χ1) is 5.65. The average Bonchev–Trinajstić information content (AvgIpc) is 2.03. The van der Waals surface area contributed by atoms with Gasteiger partial charge in [-0.05, 0) is 19.1 Å². The summed E-state index contributed by atoms with van der Waals surface area (Å²) < 4.78 is 4.88. The number of pyridine rings is 1. The molecule has 1 aromatic rings. The fourth-order valence-corrected chi connectivity index (χ4v) is 0.878. The van der Waals surface area contributed by atoms with Crippen LogP contribution in [0.3, 0.4) is 0 Å². The van der Waals surface area contributed by atoms with Crippen molar-refractivity contribution >= 4 is 11.6 Å². The number of hydrogen-bond donors (Lipinski definition) is 1. The highest BCUT2D eigenvalue weighted by Gasteiger charge is 2.08. The van der Waals surface area contributed by atoms with Crippen LogP contribution in [0.25, 0.3) is 0 Å². The predicted octanol–water partition coefficient (Wildman–Crippen LogP) is 0.875. The molecule has 0 aliphatic rings. The summed E-state index contributed by atoms with van der Waals surface area (Å²) in [6.07, 6.45) is 0. The zero-order valence-corrected chi connectivity index (χ0v) is 7.00. The first kappa shape index (κ1) is 8.52. The van der Waals surface area contributed by atoms with Crippen LogP contribution in [0.5, 0.6) is 5.88 Å². The van der Waals surface area contributed by atoms with Gasteiger partial charge in [-0.15, -0.1) is 0 Å². The Morgan fingerprint density at radius 1 is 1.58 bits per heavy atom. The topological polar surface area (TPSA) is 65.2 Å². The number of hydrogen-bond acceptors (Lipinski definition) is 4. The second kappa shape index (κ2) is 3.21. The molecule has 0 amide bonds. The number of ether oxygens (including phenoxy) is 1. The molecular formula is C8H10N2O2. The average molecular weight is 166 g/mol. The van der Waals surface area contributed by atoms with Gasteiger partial charge in [0.2, 0.25) is 5.88 Å². The maximum absolute atomic E-state index is 11.0. The van der Waals surface area contributed by atoms with Crippen molar-refractivity contribution in [1.82, 2.24) is 4.98 Å². The van der Waals surface area contributed by atoms with E-state index in [1.165, 1.54) is 14.0 Å². The monoisotopic (exact) mass is 166 g/mol. The molecule has 12 heavy (non-hydrogen) atoms. The maximum atomic E-state index is 11.0. The molecule has 1 aromatic heterocycles. The molecule has 0 aromatic carbocycles. The Kier molecular flexibility index (Phi) is 2.28. The number of carbonyl (C=O) groups is 1. The molecule has 0 saturated carbocycles. The number of nitrogen functional groups attached to an aromatic ring is 1. The molecule has 0 bridgehead atoms. The first-order valence-corrected chi connectivity index (χ1v) is 3.46. The van der Waals surface area contributed by atoms with Crippen LogP contribution in [0, 0.1) is 0 Å². The number of anilines is 1. The third-order valence-corrected chi connectivity index (χ3v) is 1.45. The summed E-state index contributed by atoms with van der Waals surface area (Å²) in [6.45, 7) is 1.45. The van der Waals surface area contributed by atoms with E-state index in [-0.39, 0.29) is 11.7 Å². The summed E-state index contributed by atoms with van der Waals surface area (Å²) in [5, 5.41) is 0. The quantitative estimate of drug-likeness (QED) is 0.662. The van der Waals surface area contributed by atoms with Gasteiger partial charge in [0, 0.05) is 0 Å². The number of Topliss-reactive ketones (excluding diaryl/α,β-unsaturated/α-hetero) is 1. The minimum atomic E-state index is -0.0839. The molecule has 0 atom stereocenters. The molecule has 0 unspecified atom stereocenters. The highest BCUT2D eigenvalue weighted by Crippen LogP contribution is 2.16. The van der Waals surface area contributed by atoms with E-state index in [0.29, 0.717) is 11.4 Å². The second-order valence-electron chi connectivity index (χ2n) is 2.35. The van der Waals surface area contributed by atoms with E-state index < -0.39 is 0 Å². The van der Waals surface area contributed by atoms with Crippen molar-refractivity contribution in [3.05, 3.63) is 17.7 Å². The van der Waals surface area contributed by atoms with Crippen molar-refractivity contribution in [2.45, 2.75) is 6.92 Å². The lowest BCUT2D eigenvalue weighted by molar-refractivity contribution is 0.101. The second-order valence-corrected chi connectivity index (χ2v) is 2.35. The number of aromatic nitrogens is 1. The van der Waals surface area contributed by atoms with Crippen molar-refractivity contribution in [2.24, 2.45) is 0 Å². The lowest BCUT2D eigenvalue weighted by atomic mass is 10.2. The van der Waals surface area contributed by atoms with E-state index in [1.54, 1.807) is 12.1 Å². The number of carbonyl (C=O) groups excluding carboxylic acids is 1. The highest BCUT2D eigenvalue weighted by atomic mass is 16.5. The molecule has 0 saturated heterocycles. The van der Waals surface area contributed by atoms with Gasteiger partial charge in [-0.25, -0.2) is 0 Å². The van der Waals surface area contributed by atoms with Gasteiger partial charge in [0.15, 0.2) is 5.78 Å². The lowest BCUT2D eigenvalue weighted by Gasteiger charge is -2.03. The van der Waals surface area contributed by atoms with Crippen LogP contribution in [-0.2, 0) is 0 Å². The lowest BCUT2D eigenvalue weighted by Crippen LogP contribution is -2.01. The summed E-state index contributed by atoms with van der Waals surface area (Å²) >= 11 is 0. The van der Waals surface area contributed by atoms with Crippen molar-refractivity contribution in [1.29, 1.82) is 0 Å². The van der Waals surface area contributed by atoms with E-state index in [1.807, 2.05) is 0 Å². The van der Waals surface area contributed by atoms with Crippen LogP contribution in [0.1, 0.15) is 17.3 Å². The van der Waals surface area contributed by atoms with Crippen LogP contribution < -0.4 is 10.5 Å². The first-order valence-electron chi connectivity index (χ1n) is 3.46. The zero-order valence-electron chi connectivity index (χ0n) is 7.00. The summed E-state index contributed by atoms with van der Waals surface area (Å²) in [5.74, 6) is 0.540. The summed E-state index contributed by atoms with van der Waals surface area (Å²) in [6, 6.07) is 3.17. The minimum Gasteiger partial charge on any atom is -0.480 e. The summed E-state index contributed by atoms with van der Waals surface area (Å²) in [5.41, 5.74) is 5.85. The van der Waals surface area contributed by atoms with Gasteiger partial charge in [0.25, 0.3) is 0 Å². The Morgan fingerprint density at radius 3 is 2.75 bits per heavy atom. The van der Waals surface area contributed by atoms with Crippen LogP contribution in [0.2, 0.25) is 0 Å². The van der Waals surface area contributed by atoms with E-state index in [2.05, 4.69) is 4.98 Å². The number of nitrogens with two attached hydrogens (primary N) is 1. The fourth-order valence-electron chi connectivity index (χ4n) is 0.878. The van der Waals surface area contributed by atoms with Crippen LogP contribution in [-0.4, -0.2) is 17.9 Å². The molecule has 4 nitrogen and oxygen atoms in total. The standard InChI is InChI=1S/C8H10N2O2/c1-5(11)6-3-4-7(9)10-8(6)12-2/h3-4H,1-2H3,(H2,9,10). The third-order valence-electron chi connectivity index (χ3n) is 1.45. The SMILES string of the molecule is COc1nc(N)ccc1C(C)=O. The fraction of sp³-hybridized carbons (Fsp3) is 0.250. The maximum Gasteiger partial charge on any atom is 0.226 e.